The molecule has 2 heterocycles. The smallest absolute Gasteiger partial charge is 0.224 e. The van der Waals surface area contributed by atoms with Crippen LogP contribution in [0, 0.1) is 0 Å². The van der Waals surface area contributed by atoms with Crippen LogP contribution in [0.3, 0.4) is 0 Å². The second-order valence-electron chi connectivity index (χ2n) is 6.31. The summed E-state index contributed by atoms with van der Waals surface area (Å²) >= 11 is 0. The zero-order valence-corrected chi connectivity index (χ0v) is 14.1. The van der Waals surface area contributed by atoms with Gasteiger partial charge in [0.15, 0.2) is 0 Å². The van der Waals surface area contributed by atoms with E-state index in [0.29, 0.717) is 0 Å². The summed E-state index contributed by atoms with van der Waals surface area (Å²) in [6.07, 6.45) is 6.73. The molecule has 2 rings (SSSR count). The highest BCUT2D eigenvalue weighted by Crippen LogP contribution is 2.23. The van der Waals surface area contributed by atoms with Crippen LogP contribution in [0.15, 0.2) is 30.7 Å². The van der Waals surface area contributed by atoms with E-state index in [2.05, 4.69) is 47.1 Å². The fourth-order valence-electron chi connectivity index (χ4n) is 2.05. The fraction of sp³-hybridized carbons (Fsp3) is 0.471. The molecule has 5 nitrogen and oxygen atoms in total. The number of rotatable bonds is 6. The van der Waals surface area contributed by atoms with Crippen LogP contribution in [-0.2, 0) is 11.8 Å². The average Bonchev–Trinajstić information content (AvgIpc) is 2.53. The monoisotopic (exact) mass is 299 g/mol. The number of anilines is 2. The lowest BCUT2D eigenvalue weighted by Gasteiger charge is -2.25. The standard InChI is InChI=1S/C17H25N5/c1-6-13-7-8-15(18-9-13)21-12-17(2,3)14-10-19-16(20-11-14)22(4)5/h7-11H,6,12H2,1-5H3,(H,18,21). The summed E-state index contributed by atoms with van der Waals surface area (Å²) in [5, 5.41) is 3.40. The maximum Gasteiger partial charge on any atom is 0.224 e. The molecule has 0 atom stereocenters. The zero-order chi connectivity index (χ0) is 16.2. The predicted molar refractivity (Wildman–Crippen MR) is 91.5 cm³/mol. The molecule has 0 saturated heterocycles. The second-order valence-corrected chi connectivity index (χ2v) is 6.31. The van der Waals surface area contributed by atoms with E-state index in [9.17, 15) is 0 Å². The highest BCUT2D eigenvalue weighted by atomic mass is 15.2. The third-order valence-corrected chi connectivity index (χ3v) is 3.76. The Morgan fingerprint density at radius 1 is 1.05 bits per heavy atom. The Hall–Kier alpha value is -2.17. The molecule has 2 aromatic rings. The summed E-state index contributed by atoms with van der Waals surface area (Å²) < 4.78 is 0. The molecule has 0 aliphatic carbocycles. The third kappa shape index (κ3) is 3.93. The van der Waals surface area contributed by atoms with Gasteiger partial charge >= 0.3 is 0 Å². The van der Waals surface area contributed by atoms with Crippen molar-refractivity contribution in [1.82, 2.24) is 15.0 Å². The molecule has 1 N–H and O–H groups in total. The van der Waals surface area contributed by atoms with Crippen LogP contribution in [-0.4, -0.2) is 35.6 Å². The Bertz CT molecular complexity index is 587. The molecule has 0 fully saturated rings. The minimum Gasteiger partial charge on any atom is -0.369 e. The summed E-state index contributed by atoms with van der Waals surface area (Å²) in [5.74, 6) is 1.63. The van der Waals surface area contributed by atoms with Crippen LogP contribution in [0.2, 0.25) is 0 Å². The SMILES string of the molecule is CCc1ccc(NCC(C)(C)c2cnc(N(C)C)nc2)nc1. The van der Waals surface area contributed by atoms with Crippen LogP contribution in [0.4, 0.5) is 11.8 Å². The van der Waals surface area contributed by atoms with Crippen LogP contribution in [0.5, 0.6) is 0 Å². The van der Waals surface area contributed by atoms with E-state index < -0.39 is 0 Å². The molecule has 0 radical (unpaired) electrons. The van der Waals surface area contributed by atoms with Gasteiger partial charge in [0.05, 0.1) is 0 Å². The largest absolute Gasteiger partial charge is 0.369 e. The van der Waals surface area contributed by atoms with Crippen molar-refractivity contribution >= 4 is 11.8 Å². The number of aromatic nitrogens is 3. The maximum absolute atomic E-state index is 4.43. The molecule has 22 heavy (non-hydrogen) atoms. The molecule has 0 spiro atoms. The minimum atomic E-state index is -0.0735. The van der Waals surface area contributed by atoms with Crippen molar-refractivity contribution in [2.45, 2.75) is 32.6 Å². The van der Waals surface area contributed by atoms with Crippen molar-refractivity contribution in [2.24, 2.45) is 0 Å². The van der Waals surface area contributed by atoms with Crippen molar-refractivity contribution in [3.63, 3.8) is 0 Å². The number of hydrogen-bond donors (Lipinski definition) is 1. The van der Waals surface area contributed by atoms with Crippen LogP contribution in [0.1, 0.15) is 31.9 Å². The number of hydrogen-bond acceptors (Lipinski definition) is 5. The highest BCUT2D eigenvalue weighted by Gasteiger charge is 2.21. The van der Waals surface area contributed by atoms with Gasteiger partial charge in [0, 0.05) is 44.6 Å². The molecule has 0 aliphatic heterocycles. The van der Waals surface area contributed by atoms with E-state index in [-0.39, 0.29) is 5.41 Å². The normalized spacial score (nSPS) is 11.3. The van der Waals surface area contributed by atoms with E-state index in [1.807, 2.05) is 43.7 Å². The van der Waals surface area contributed by atoms with Crippen LogP contribution < -0.4 is 10.2 Å². The fourth-order valence-corrected chi connectivity index (χ4v) is 2.05. The molecule has 5 heteroatoms. The van der Waals surface area contributed by atoms with Crippen molar-refractivity contribution in [1.29, 1.82) is 0 Å². The van der Waals surface area contributed by atoms with Crippen LogP contribution in [0.25, 0.3) is 0 Å². The van der Waals surface area contributed by atoms with Crippen molar-refractivity contribution in [3.05, 3.63) is 41.9 Å². The topological polar surface area (TPSA) is 53.9 Å². The van der Waals surface area contributed by atoms with Gasteiger partial charge in [-0.3, -0.25) is 0 Å². The Kier molecular flexibility index (Phi) is 4.96. The number of nitrogens with zero attached hydrogens (tertiary/aromatic N) is 4. The molecule has 0 amide bonds. The molecular weight excluding hydrogens is 274 g/mol. The third-order valence-electron chi connectivity index (χ3n) is 3.76. The summed E-state index contributed by atoms with van der Waals surface area (Å²) in [4.78, 5) is 15.1. The molecule has 0 bridgehead atoms. The number of aryl methyl sites for hydroxylation is 1. The number of pyridine rings is 1. The van der Waals surface area contributed by atoms with E-state index in [1.54, 1.807) is 0 Å². The Morgan fingerprint density at radius 3 is 2.23 bits per heavy atom. The molecule has 118 valence electrons. The van der Waals surface area contributed by atoms with Gasteiger partial charge in [0.2, 0.25) is 5.95 Å². The van der Waals surface area contributed by atoms with Gasteiger partial charge in [-0.15, -0.1) is 0 Å². The molecule has 2 aromatic heterocycles. The lowest BCUT2D eigenvalue weighted by atomic mass is 9.86. The first kappa shape index (κ1) is 16.2. The van der Waals surface area contributed by atoms with Gasteiger partial charge in [-0.2, -0.15) is 0 Å². The molecule has 0 aliphatic rings. The Labute approximate surface area is 132 Å². The zero-order valence-electron chi connectivity index (χ0n) is 14.1. The Balaban J connectivity index is 2.03. The first-order chi connectivity index (χ1) is 10.4. The first-order valence-electron chi connectivity index (χ1n) is 7.61. The molecular formula is C17H25N5. The second kappa shape index (κ2) is 6.73. The first-order valence-corrected chi connectivity index (χ1v) is 7.61. The predicted octanol–water partition coefficient (Wildman–Crippen LogP) is 2.89. The maximum atomic E-state index is 4.43. The van der Waals surface area contributed by atoms with Crippen molar-refractivity contribution in [2.75, 3.05) is 30.9 Å². The van der Waals surface area contributed by atoms with E-state index in [1.165, 1.54) is 5.56 Å². The highest BCUT2D eigenvalue weighted by molar-refractivity contribution is 5.37. The summed E-state index contributed by atoms with van der Waals surface area (Å²) in [6, 6.07) is 4.14. The summed E-state index contributed by atoms with van der Waals surface area (Å²) in [6.45, 7) is 7.25. The average molecular weight is 299 g/mol. The number of nitrogens with one attached hydrogen (secondary N) is 1. The van der Waals surface area contributed by atoms with E-state index in [0.717, 1.165) is 30.3 Å². The lowest BCUT2D eigenvalue weighted by molar-refractivity contribution is 0.551. The summed E-state index contributed by atoms with van der Waals surface area (Å²) in [7, 11) is 3.88. The lowest BCUT2D eigenvalue weighted by Crippen LogP contribution is -2.28. The molecule has 0 aromatic carbocycles. The van der Waals surface area contributed by atoms with Crippen molar-refractivity contribution in [3.8, 4) is 0 Å². The minimum absolute atomic E-state index is 0.0735. The van der Waals surface area contributed by atoms with Gasteiger partial charge < -0.3 is 10.2 Å². The van der Waals surface area contributed by atoms with Gasteiger partial charge in [-0.25, -0.2) is 15.0 Å². The quantitative estimate of drug-likeness (QED) is 0.889. The van der Waals surface area contributed by atoms with Gasteiger partial charge in [-0.1, -0.05) is 26.8 Å². The Morgan fingerprint density at radius 2 is 1.73 bits per heavy atom. The molecule has 0 saturated carbocycles. The van der Waals surface area contributed by atoms with E-state index >= 15 is 0 Å². The van der Waals surface area contributed by atoms with Gasteiger partial charge in [0.25, 0.3) is 0 Å². The van der Waals surface area contributed by atoms with Crippen molar-refractivity contribution < 1.29 is 0 Å². The van der Waals surface area contributed by atoms with Gasteiger partial charge in [-0.05, 0) is 23.6 Å². The molecule has 0 unspecified atom stereocenters. The van der Waals surface area contributed by atoms with Crippen LogP contribution >= 0.6 is 0 Å². The van der Waals surface area contributed by atoms with Gasteiger partial charge in [0.1, 0.15) is 5.82 Å². The van der Waals surface area contributed by atoms with E-state index in [4.69, 9.17) is 0 Å². The summed E-state index contributed by atoms with van der Waals surface area (Å²) in [5.41, 5.74) is 2.28.